The minimum absolute atomic E-state index is 0.0986. The predicted molar refractivity (Wildman–Crippen MR) is 141 cm³/mol. The molecule has 4 rings (SSSR count). The Kier molecular flexibility index (Phi) is 8.04. The number of likely N-dealkylation sites (N-methyl/N-ethyl adjacent to an activating group) is 1. The number of carbonyl (C=O) groups excluding carboxylic acids is 2. The van der Waals surface area contributed by atoms with E-state index in [1.54, 1.807) is 39.1 Å². The van der Waals surface area contributed by atoms with Crippen molar-refractivity contribution in [2.75, 3.05) is 25.1 Å². The lowest BCUT2D eigenvalue weighted by molar-refractivity contribution is -0.120. The van der Waals surface area contributed by atoms with Gasteiger partial charge in [0.25, 0.3) is 5.91 Å². The Hall–Kier alpha value is -4.92. The number of rotatable bonds is 5. The summed E-state index contributed by atoms with van der Waals surface area (Å²) in [7, 11) is 1.55. The minimum atomic E-state index is -1.13. The Balaban J connectivity index is 1.43. The van der Waals surface area contributed by atoms with Gasteiger partial charge in [0.2, 0.25) is 0 Å². The van der Waals surface area contributed by atoms with Crippen molar-refractivity contribution in [2.45, 2.75) is 26.3 Å². The largest absolute Gasteiger partial charge is 0.489 e. The number of hydrogen-bond acceptors (Lipinski definition) is 5. The highest BCUT2D eigenvalue weighted by Crippen LogP contribution is 2.31. The first-order chi connectivity index (χ1) is 18.9. The first-order valence-corrected chi connectivity index (χ1v) is 12.2. The summed E-state index contributed by atoms with van der Waals surface area (Å²) in [6.45, 7) is 3.61. The highest BCUT2D eigenvalue weighted by atomic mass is 19.1. The van der Waals surface area contributed by atoms with E-state index in [-0.39, 0.29) is 25.1 Å². The number of nitrogens with one attached hydrogen (secondary N) is 2. The first kappa shape index (κ1) is 28.1. The number of ether oxygens (including phenoxy) is 1. The fraction of sp³-hybridized carbons (Fsp3) is 0.286. The number of carbonyl (C=O) groups is 3. The van der Waals surface area contributed by atoms with Crippen LogP contribution in [0.4, 0.5) is 24.1 Å². The van der Waals surface area contributed by atoms with Crippen molar-refractivity contribution < 1.29 is 33.0 Å². The lowest BCUT2D eigenvalue weighted by atomic mass is 9.94. The van der Waals surface area contributed by atoms with Gasteiger partial charge < -0.3 is 25.4 Å². The van der Waals surface area contributed by atoms with Gasteiger partial charge in [0.15, 0.2) is 0 Å². The summed E-state index contributed by atoms with van der Waals surface area (Å²) in [6, 6.07) is 6.62. The summed E-state index contributed by atoms with van der Waals surface area (Å²) in [5.74, 6) is 4.65. The van der Waals surface area contributed by atoms with Gasteiger partial charge in [-0.15, -0.1) is 0 Å². The summed E-state index contributed by atoms with van der Waals surface area (Å²) in [5, 5.41) is 17.7. The maximum absolute atomic E-state index is 14.0. The number of nitrogens with zero attached hydrogens (tertiary/aromatic N) is 3. The van der Waals surface area contributed by atoms with Crippen LogP contribution in [-0.2, 0) is 11.2 Å². The molecule has 208 valence electrons. The number of amides is 3. The molecule has 1 aliphatic heterocycles. The fourth-order valence-corrected chi connectivity index (χ4v) is 3.92. The second-order valence-corrected chi connectivity index (χ2v) is 9.89. The summed E-state index contributed by atoms with van der Waals surface area (Å²) in [6.07, 6.45) is 1.75. The van der Waals surface area contributed by atoms with Gasteiger partial charge in [-0.25, -0.2) is 18.4 Å². The molecule has 0 bridgehead atoms. The molecule has 1 aromatic heterocycles. The van der Waals surface area contributed by atoms with Crippen molar-refractivity contribution >= 4 is 23.7 Å². The fourth-order valence-electron chi connectivity index (χ4n) is 3.92. The maximum Gasteiger partial charge on any atom is 0.404 e. The molecule has 12 heteroatoms. The van der Waals surface area contributed by atoms with Gasteiger partial charge in [0.05, 0.1) is 11.9 Å². The van der Waals surface area contributed by atoms with Crippen LogP contribution in [0.15, 0.2) is 48.8 Å². The van der Waals surface area contributed by atoms with Crippen LogP contribution in [0.1, 0.15) is 30.5 Å². The van der Waals surface area contributed by atoms with Crippen LogP contribution in [0.2, 0.25) is 0 Å². The van der Waals surface area contributed by atoms with E-state index in [1.165, 1.54) is 23.4 Å². The second kappa shape index (κ2) is 11.4. The predicted octanol–water partition coefficient (Wildman–Crippen LogP) is 3.38. The molecule has 1 unspecified atom stereocenters. The molecule has 40 heavy (non-hydrogen) atoms. The molecule has 0 aliphatic carbocycles. The molecule has 2 aromatic carbocycles. The van der Waals surface area contributed by atoms with E-state index in [2.05, 4.69) is 27.6 Å². The molecule has 0 saturated heterocycles. The standard InChI is InChI=1S/C28H27F2N5O5/c1-28(2,16-31-27(38)39)9-8-17-4-7-24-23(11-17)34(3)25(36)22(15-40-24)33-26(37)35-14-18(13-32-35)10-19-5-6-20(29)12-21(19)30/h4-7,11-14,22,31H,10,15-16H2,1-3H3,(H,33,37)(H,38,39). The van der Waals surface area contributed by atoms with E-state index in [1.807, 2.05) is 0 Å². The van der Waals surface area contributed by atoms with Gasteiger partial charge >= 0.3 is 12.1 Å². The zero-order valence-corrected chi connectivity index (χ0v) is 22.0. The average molecular weight is 552 g/mol. The Morgan fingerprint density at radius 1 is 1.23 bits per heavy atom. The molecule has 0 fully saturated rings. The van der Waals surface area contributed by atoms with E-state index in [0.717, 1.165) is 16.8 Å². The van der Waals surface area contributed by atoms with Crippen LogP contribution in [0, 0.1) is 28.9 Å². The second-order valence-electron chi connectivity index (χ2n) is 9.89. The molecular weight excluding hydrogens is 524 g/mol. The Labute approximate surface area is 228 Å². The molecule has 1 aliphatic rings. The third-order valence-corrected chi connectivity index (χ3v) is 6.13. The zero-order chi connectivity index (χ0) is 29.0. The van der Waals surface area contributed by atoms with Crippen molar-refractivity contribution in [2.24, 2.45) is 5.41 Å². The topological polar surface area (TPSA) is 126 Å². The smallest absolute Gasteiger partial charge is 0.404 e. The number of anilines is 1. The average Bonchev–Trinajstić information content (AvgIpc) is 3.34. The van der Waals surface area contributed by atoms with E-state index in [4.69, 9.17) is 9.84 Å². The first-order valence-electron chi connectivity index (χ1n) is 12.2. The summed E-state index contributed by atoms with van der Waals surface area (Å²) in [5.41, 5.74) is 1.19. The van der Waals surface area contributed by atoms with Gasteiger partial charge in [-0.05, 0) is 49.2 Å². The van der Waals surface area contributed by atoms with Crippen molar-refractivity contribution in [3.8, 4) is 17.6 Å². The summed E-state index contributed by atoms with van der Waals surface area (Å²) >= 11 is 0. The number of benzene rings is 2. The highest BCUT2D eigenvalue weighted by Gasteiger charge is 2.31. The minimum Gasteiger partial charge on any atom is -0.489 e. The number of fused-ring (bicyclic) bond motifs is 1. The number of halogens is 2. The number of aromatic nitrogens is 2. The van der Waals surface area contributed by atoms with Gasteiger partial charge in [0.1, 0.15) is 30.0 Å². The monoisotopic (exact) mass is 551 g/mol. The molecule has 10 nitrogen and oxygen atoms in total. The molecule has 0 spiro atoms. The third-order valence-electron chi connectivity index (χ3n) is 6.13. The normalized spacial score (nSPS) is 14.8. The van der Waals surface area contributed by atoms with E-state index >= 15 is 0 Å². The molecule has 3 aromatic rings. The Morgan fingerprint density at radius 2 is 2.00 bits per heavy atom. The summed E-state index contributed by atoms with van der Waals surface area (Å²) < 4.78 is 34.0. The van der Waals surface area contributed by atoms with Crippen LogP contribution in [0.25, 0.3) is 0 Å². The van der Waals surface area contributed by atoms with Crippen LogP contribution in [-0.4, -0.2) is 59.2 Å². The number of hydrogen-bond donors (Lipinski definition) is 3. The van der Waals surface area contributed by atoms with Gasteiger partial charge in [-0.2, -0.15) is 9.78 Å². The van der Waals surface area contributed by atoms with Crippen molar-refractivity contribution in [1.29, 1.82) is 0 Å². The zero-order valence-electron chi connectivity index (χ0n) is 22.0. The van der Waals surface area contributed by atoms with Crippen LogP contribution < -0.4 is 20.3 Å². The van der Waals surface area contributed by atoms with Crippen molar-refractivity contribution in [1.82, 2.24) is 20.4 Å². The molecule has 0 saturated carbocycles. The molecule has 0 radical (unpaired) electrons. The van der Waals surface area contributed by atoms with Crippen molar-refractivity contribution in [3.05, 3.63) is 77.1 Å². The molecule has 2 heterocycles. The van der Waals surface area contributed by atoms with E-state index in [9.17, 15) is 23.2 Å². The van der Waals surface area contributed by atoms with Gasteiger partial charge in [-0.3, -0.25) is 4.79 Å². The highest BCUT2D eigenvalue weighted by molar-refractivity contribution is 6.00. The van der Waals surface area contributed by atoms with Gasteiger partial charge in [-0.1, -0.05) is 17.9 Å². The molecule has 3 amide bonds. The lowest BCUT2D eigenvalue weighted by Gasteiger charge is -2.20. The van der Waals surface area contributed by atoms with Crippen LogP contribution >= 0.6 is 0 Å². The molecular formula is C28H27F2N5O5. The number of carboxylic acid groups (broad SMARTS) is 1. The Morgan fingerprint density at radius 3 is 2.73 bits per heavy atom. The van der Waals surface area contributed by atoms with Crippen LogP contribution in [0.5, 0.6) is 5.75 Å². The van der Waals surface area contributed by atoms with E-state index < -0.39 is 41.1 Å². The van der Waals surface area contributed by atoms with E-state index in [0.29, 0.717) is 22.6 Å². The third kappa shape index (κ3) is 6.74. The van der Waals surface area contributed by atoms with Crippen molar-refractivity contribution in [3.63, 3.8) is 0 Å². The quantitative estimate of drug-likeness (QED) is 0.418. The SMILES string of the molecule is CN1C(=O)C(NC(=O)n2cc(Cc3ccc(F)cc3F)cn2)COc2ccc(C#CC(C)(C)CNC(=O)O)cc21. The Bertz CT molecular complexity index is 1520. The van der Waals surface area contributed by atoms with Gasteiger partial charge in [0, 0.05) is 43.3 Å². The molecule has 1 atom stereocenters. The molecule has 3 N–H and O–H groups in total. The van der Waals surface area contributed by atoms with Crippen LogP contribution in [0.3, 0.4) is 0 Å². The maximum atomic E-state index is 14.0. The lowest BCUT2D eigenvalue weighted by Crippen LogP contribution is -2.50. The summed E-state index contributed by atoms with van der Waals surface area (Å²) in [4.78, 5) is 38.2.